The Kier molecular flexibility index (Phi) is 6.97. The van der Waals surface area contributed by atoms with E-state index in [-0.39, 0.29) is 24.0 Å². The van der Waals surface area contributed by atoms with E-state index in [2.05, 4.69) is 38.8 Å². The topological polar surface area (TPSA) is 73.3 Å². The molecular weight excluding hydrogens is 360 g/mol. The van der Waals surface area contributed by atoms with Crippen molar-refractivity contribution in [1.29, 1.82) is 0 Å². The number of ether oxygens (including phenoxy) is 1. The molecular formula is C20H30N2O4Si. The molecule has 148 valence electrons. The second kappa shape index (κ2) is 8.82. The Labute approximate surface area is 161 Å². The van der Waals surface area contributed by atoms with Crippen molar-refractivity contribution in [1.82, 2.24) is 9.55 Å². The lowest BCUT2D eigenvalue weighted by atomic mass is 9.92. The fraction of sp³-hybridized carbons (Fsp3) is 0.500. The highest BCUT2D eigenvalue weighted by atomic mass is 28.3. The molecule has 0 bridgehead atoms. The first-order chi connectivity index (χ1) is 12.6. The molecule has 0 radical (unpaired) electrons. The van der Waals surface area contributed by atoms with Gasteiger partial charge in [-0.25, -0.2) is 4.79 Å². The van der Waals surface area contributed by atoms with Crippen LogP contribution in [0.3, 0.4) is 0 Å². The zero-order valence-corrected chi connectivity index (χ0v) is 18.2. The molecule has 0 saturated heterocycles. The summed E-state index contributed by atoms with van der Waals surface area (Å²) in [5.41, 5.74) is 1.01. The van der Waals surface area contributed by atoms with E-state index in [0.717, 1.165) is 12.0 Å². The quantitative estimate of drug-likeness (QED) is 0.582. The van der Waals surface area contributed by atoms with Gasteiger partial charge in [0.1, 0.15) is 13.0 Å². The number of H-pyrrole nitrogens is 1. The van der Waals surface area contributed by atoms with E-state index in [4.69, 9.17) is 9.16 Å². The third-order valence-electron chi connectivity index (χ3n) is 4.07. The Bertz CT molecular complexity index is 866. The summed E-state index contributed by atoms with van der Waals surface area (Å²) in [5.74, 6) is 0. The number of rotatable bonds is 7. The van der Waals surface area contributed by atoms with E-state index in [1.165, 1.54) is 4.57 Å². The minimum Gasteiger partial charge on any atom is -0.396 e. The van der Waals surface area contributed by atoms with Crippen molar-refractivity contribution < 1.29 is 9.16 Å². The molecule has 0 aliphatic carbocycles. The SMILES string of the molecule is Cc1c(-c2ccccc2)n(COC(CC(C)(C)C)O[SiH](C)C)c(=O)[nH]c1=O. The maximum absolute atomic E-state index is 12.5. The van der Waals surface area contributed by atoms with Crippen molar-refractivity contribution in [3.63, 3.8) is 0 Å². The monoisotopic (exact) mass is 390 g/mol. The number of hydrogen-bond acceptors (Lipinski definition) is 4. The first kappa shape index (κ1) is 21.3. The average molecular weight is 391 g/mol. The van der Waals surface area contributed by atoms with Gasteiger partial charge in [-0.1, -0.05) is 51.1 Å². The number of aromatic amines is 1. The van der Waals surface area contributed by atoms with Crippen LogP contribution >= 0.6 is 0 Å². The zero-order valence-electron chi connectivity index (χ0n) is 17.0. The molecule has 1 unspecified atom stereocenters. The van der Waals surface area contributed by atoms with Crippen molar-refractivity contribution in [3.8, 4) is 11.3 Å². The summed E-state index contributed by atoms with van der Waals surface area (Å²) in [7, 11) is -1.32. The third kappa shape index (κ3) is 6.02. The molecule has 0 spiro atoms. The Morgan fingerprint density at radius 1 is 1.15 bits per heavy atom. The minimum atomic E-state index is -1.32. The van der Waals surface area contributed by atoms with E-state index < -0.39 is 14.7 Å². The van der Waals surface area contributed by atoms with Gasteiger partial charge in [0.2, 0.25) is 0 Å². The van der Waals surface area contributed by atoms with Crippen molar-refractivity contribution in [2.45, 2.75) is 60.2 Å². The molecule has 0 amide bonds. The molecule has 0 aliphatic heterocycles. The van der Waals surface area contributed by atoms with E-state index in [1.807, 2.05) is 30.3 Å². The van der Waals surface area contributed by atoms with Crippen LogP contribution in [-0.2, 0) is 15.9 Å². The second-order valence-electron chi connectivity index (χ2n) is 8.20. The molecule has 0 saturated carbocycles. The van der Waals surface area contributed by atoms with Gasteiger partial charge < -0.3 is 9.16 Å². The molecule has 2 aromatic rings. The van der Waals surface area contributed by atoms with E-state index in [1.54, 1.807) is 6.92 Å². The van der Waals surface area contributed by atoms with Crippen LogP contribution in [0.5, 0.6) is 0 Å². The van der Waals surface area contributed by atoms with Gasteiger partial charge in [-0.3, -0.25) is 14.3 Å². The first-order valence-electron chi connectivity index (χ1n) is 9.24. The predicted molar refractivity (Wildman–Crippen MR) is 110 cm³/mol. The Morgan fingerprint density at radius 2 is 1.78 bits per heavy atom. The van der Waals surface area contributed by atoms with Gasteiger partial charge in [0.25, 0.3) is 5.56 Å². The lowest BCUT2D eigenvalue weighted by Crippen LogP contribution is -2.36. The Hall–Kier alpha value is -1.96. The minimum absolute atomic E-state index is 0.0164. The van der Waals surface area contributed by atoms with Crippen molar-refractivity contribution in [3.05, 3.63) is 56.7 Å². The number of hydrogen-bond donors (Lipinski definition) is 1. The molecule has 1 N–H and O–H groups in total. The molecule has 1 aromatic heterocycles. The molecule has 7 heteroatoms. The van der Waals surface area contributed by atoms with Crippen LogP contribution in [0.25, 0.3) is 11.3 Å². The maximum atomic E-state index is 12.5. The van der Waals surface area contributed by atoms with Crippen molar-refractivity contribution >= 4 is 9.04 Å². The van der Waals surface area contributed by atoms with Crippen LogP contribution in [0.15, 0.2) is 39.9 Å². The van der Waals surface area contributed by atoms with Crippen LogP contribution in [0.2, 0.25) is 13.1 Å². The second-order valence-corrected chi connectivity index (χ2v) is 10.6. The average Bonchev–Trinajstić information content (AvgIpc) is 2.55. The Balaban J connectivity index is 2.39. The lowest BCUT2D eigenvalue weighted by Gasteiger charge is -2.28. The molecule has 6 nitrogen and oxygen atoms in total. The van der Waals surface area contributed by atoms with E-state index >= 15 is 0 Å². The summed E-state index contributed by atoms with van der Waals surface area (Å²) in [6, 6.07) is 9.40. The molecule has 0 fully saturated rings. The van der Waals surface area contributed by atoms with Crippen LogP contribution in [0, 0.1) is 12.3 Å². The molecule has 1 heterocycles. The highest BCUT2D eigenvalue weighted by Crippen LogP contribution is 2.24. The number of nitrogens with zero attached hydrogens (tertiary/aromatic N) is 1. The number of nitrogens with one attached hydrogen (secondary N) is 1. The van der Waals surface area contributed by atoms with E-state index in [9.17, 15) is 9.59 Å². The van der Waals surface area contributed by atoms with Crippen molar-refractivity contribution in [2.24, 2.45) is 5.41 Å². The summed E-state index contributed by atoms with van der Waals surface area (Å²) in [6.45, 7) is 12.3. The fourth-order valence-electron chi connectivity index (χ4n) is 2.87. The first-order valence-corrected chi connectivity index (χ1v) is 12.0. The van der Waals surface area contributed by atoms with Crippen LogP contribution in [0.4, 0.5) is 0 Å². The molecule has 27 heavy (non-hydrogen) atoms. The largest absolute Gasteiger partial charge is 0.396 e. The molecule has 2 rings (SSSR count). The number of benzene rings is 1. The van der Waals surface area contributed by atoms with Gasteiger partial charge in [0.05, 0.1) is 5.69 Å². The van der Waals surface area contributed by atoms with Gasteiger partial charge in [0, 0.05) is 12.0 Å². The van der Waals surface area contributed by atoms with Gasteiger partial charge in [-0.15, -0.1) is 0 Å². The lowest BCUT2D eigenvalue weighted by molar-refractivity contribution is -0.127. The smallest absolute Gasteiger partial charge is 0.330 e. The van der Waals surface area contributed by atoms with Gasteiger partial charge in [-0.2, -0.15) is 0 Å². The summed E-state index contributed by atoms with van der Waals surface area (Å²) in [5, 5.41) is 0. The highest BCUT2D eigenvalue weighted by molar-refractivity contribution is 6.48. The molecule has 1 atom stereocenters. The van der Waals surface area contributed by atoms with Crippen LogP contribution in [-0.4, -0.2) is 24.9 Å². The zero-order chi connectivity index (χ0) is 20.2. The van der Waals surface area contributed by atoms with Crippen LogP contribution in [0.1, 0.15) is 32.8 Å². The molecule has 0 aliphatic rings. The summed E-state index contributed by atoms with van der Waals surface area (Å²) < 4.78 is 13.5. The standard InChI is InChI=1S/C20H30N2O4Si/c1-14-17(15-10-8-7-9-11-15)22(19(24)21-18(14)23)13-25-16(26-27(5)6)12-20(2,3)4/h7-11,16,27H,12-13H2,1-6H3,(H,21,23,24). The van der Waals surface area contributed by atoms with E-state index in [0.29, 0.717) is 11.3 Å². The van der Waals surface area contributed by atoms with Crippen LogP contribution < -0.4 is 11.2 Å². The maximum Gasteiger partial charge on any atom is 0.330 e. The Morgan fingerprint density at radius 3 is 2.33 bits per heavy atom. The third-order valence-corrected chi connectivity index (χ3v) is 4.92. The number of aromatic nitrogens is 2. The van der Waals surface area contributed by atoms with Crippen molar-refractivity contribution in [2.75, 3.05) is 0 Å². The summed E-state index contributed by atoms with van der Waals surface area (Å²) in [6.07, 6.45) is 0.329. The fourth-order valence-corrected chi connectivity index (χ4v) is 3.65. The highest BCUT2D eigenvalue weighted by Gasteiger charge is 2.22. The predicted octanol–water partition coefficient (Wildman–Crippen LogP) is 3.25. The molecule has 1 aromatic carbocycles. The summed E-state index contributed by atoms with van der Waals surface area (Å²) in [4.78, 5) is 27.0. The van der Waals surface area contributed by atoms with Gasteiger partial charge in [0.15, 0.2) is 9.04 Å². The van der Waals surface area contributed by atoms with Gasteiger partial charge >= 0.3 is 5.69 Å². The normalized spacial score (nSPS) is 13.1. The summed E-state index contributed by atoms with van der Waals surface area (Å²) >= 11 is 0. The van der Waals surface area contributed by atoms with Gasteiger partial charge in [-0.05, 0) is 31.0 Å².